The Morgan fingerprint density at radius 1 is 1.38 bits per heavy atom. The van der Waals surface area contributed by atoms with Crippen molar-refractivity contribution in [3.05, 3.63) is 0 Å². The van der Waals surface area contributed by atoms with Crippen molar-refractivity contribution in [3.8, 4) is 0 Å². The van der Waals surface area contributed by atoms with Crippen LogP contribution in [0.2, 0.25) is 0 Å². The number of nitrogens with zero attached hydrogens (tertiary/aromatic N) is 1. The second-order valence-electron chi connectivity index (χ2n) is 5.43. The molecule has 0 spiro atoms. The molecule has 1 unspecified atom stereocenters. The predicted octanol–water partition coefficient (Wildman–Crippen LogP) is 2.72. The lowest BCUT2D eigenvalue weighted by atomic mass is 9.94. The molecular weight excluding hydrogens is 216 g/mol. The fourth-order valence-corrected chi connectivity index (χ4v) is 3.03. The van der Waals surface area contributed by atoms with Crippen LogP contribution < -0.4 is 5.73 Å². The standard InChI is InChI=1S/C13H28N2S/c1-12(6-11-16-3)15(2)10-9-13(14)7-4-5-8-13/h12H,4-11,14H2,1-3H3. The van der Waals surface area contributed by atoms with E-state index in [1.165, 1.54) is 44.3 Å². The van der Waals surface area contributed by atoms with Crippen molar-refractivity contribution < 1.29 is 0 Å². The van der Waals surface area contributed by atoms with E-state index in [2.05, 4.69) is 25.1 Å². The molecule has 0 heterocycles. The summed E-state index contributed by atoms with van der Waals surface area (Å²) in [4.78, 5) is 2.48. The molecule has 3 heteroatoms. The van der Waals surface area contributed by atoms with Crippen LogP contribution in [0.3, 0.4) is 0 Å². The van der Waals surface area contributed by atoms with Crippen molar-refractivity contribution in [2.45, 2.75) is 57.0 Å². The molecular formula is C13H28N2S. The van der Waals surface area contributed by atoms with E-state index < -0.39 is 0 Å². The van der Waals surface area contributed by atoms with Gasteiger partial charge in [0.1, 0.15) is 0 Å². The van der Waals surface area contributed by atoms with E-state index >= 15 is 0 Å². The van der Waals surface area contributed by atoms with Gasteiger partial charge in [-0.1, -0.05) is 12.8 Å². The number of hydrogen-bond donors (Lipinski definition) is 1. The third-order valence-corrected chi connectivity index (χ3v) is 4.70. The number of hydrogen-bond acceptors (Lipinski definition) is 3. The fraction of sp³-hybridized carbons (Fsp3) is 1.00. The molecule has 0 aromatic rings. The first-order chi connectivity index (χ1) is 7.57. The van der Waals surface area contributed by atoms with Crippen molar-refractivity contribution in [3.63, 3.8) is 0 Å². The van der Waals surface area contributed by atoms with Crippen LogP contribution in [0.1, 0.15) is 45.4 Å². The average Bonchev–Trinajstić information content (AvgIpc) is 2.70. The summed E-state index contributed by atoms with van der Waals surface area (Å²) in [6.07, 6.45) is 9.78. The Balaban J connectivity index is 2.20. The van der Waals surface area contributed by atoms with Gasteiger partial charge >= 0.3 is 0 Å². The zero-order valence-corrected chi connectivity index (χ0v) is 12.0. The third-order valence-electron chi connectivity index (χ3n) is 4.05. The Kier molecular flexibility index (Phi) is 6.16. The molecule has 0 saturated heterocycles. The van der Waals surface area contributed by atoms with E-state index in [9.17, 15) is 0 Å². The van der Waals surface area contributed by atoms with Crippen molar-refractivity contribution >= 4 is 11.8 Å². The zero-order valence-electron chi connectivity index (χ0n) is 11.2. The van der Waals surface area contributed by atoms with Gasteiger partial charge in [-0.25, -0.2) is 0 Å². The van der Waals surface area contributed by atoms with Crippen LogP contribution in [0.25, 0.3) is 0 Å². The fourth-order valence-electron chi connectivity index (χ4n) is 2.46. The van der Waals surface area contributed by atoms with Gasteiger partial charge < -0.3 is 10.6 Å². The zero-order chi connectivity index (χ0) is 12.0. The van der Waals surface area contributed by atoms with Gasteiger partial charge in [0.15, 0.2) is 0 Å². The second kappa shape index (κ2) is 6.87. The molecule has 1 saturated carbocycles. The highest BCUT2D eigenvalue weighted by Gasteiger charge is 2.29. The Labute approximate surface area is 105 Å². The molecule has 96 valence electrons. The van der Waals surface area contributed by atoms with Crippen molar-refractivity contribution in [1.82, 2.24) is 4.90 Å². The van der Waals surface area contributed by atoms with E-state index in [4.69, 9.17) is 5.73 Å². The lowest BCUT2D eigenvalue weighted by Gasteiger charge is -2.30. The summed E-state index contributed by atoms with van der Waals surface area (Å²) < 4.78 is 0. The summed E-state index contributed by atoms with van der Waals surface area (Å²) in [5.41, 5.74) is 6.54. The Bertz CT molecular complexity index is 190. The molecule has 1 fully saturated rings. The van der Waals surface area contributed by atoms with Crippen LogP contribution in [0.15, 0.2) is 0 Å². The van der Waals surface area contributed by atoms with Gasteiger partial charge in [0, 0.05) is 11.6 Å². The molecule has 1 aliphatic carbocycles. The Hall–Kier alpha value is 0.270. The van der Waals surface area contributed by atoms with Gasteiger partial charge in [0.2, 0.25) is 0 Å². The van der Waals surface area contributed by atoms with Crippen LogP contribution >= 0.6 is 11.8 Å². The van der Waals surface area contributed by atoms with Crippen molar-refractivity contribution in [1.29, 1.82) is 0 Å². The monoisotopic (exact) mass is 244 g/mol. The SMILES string of the molecule is CSCCC(C)N(C)CCC1(N)CCCC1. The van der Waals surface area contributed by atoms with Gasteiger partial charge in [0.05, 0.1) is 0 Å². The first-order valence-corrected chi connectivity index (χ1v) is 7.95. The lowest BCUT2D eigenvalue weighted by Crippen LogP contribution is -2.41. The molecule has 0 radical (unpaired) electrons. The minimum absolute atomic E-state index is 0.160. The topological polar surface area (TPSA) is 29.3 Å². The largest absolute Gasteiger partial charge is 0.325 e. The minimum Gasteiger partial charge on any atom is -0.325 e. The lowest BCUT2D eigenvalue weighted by molar-refractivity contribution is 0.223. The molecule has 0 aromatic carbocycles. The first-order valence-electron chi connectivity index (χ1n) is 6.55. The van der Waals surface area contributed by atoms with E-state index in [0.29, 0.717) is 6.04 Å². The quantitative estimate of drug-likeness (QED) is 0.746. The molecule has 1 atom stereocenters. The molecule has 16 heavy (non-hydrogen) atoms. The summed E-state index contributed by atoms with van der Waals surface area (Å²) in [6, 6.07) is 0.692. The van der Waals surface area contributed by atoms with Crippen molar-refractivity contribution in [2.24, 2.45) is 5.73 Å². The summed E-state index contributed by atoms with van der Waals surface area (Å²) in [7, 11) is 2.24. The maximum absolute atomic E-state index is 6.38. The van der Waals surface area contributed by atoms with Gasteiger partial charge in [0.25, 0.3) is 0 Å². The Morgan fingerprint density at radius 3 is 2.56 bits per heavy atom. The molecule has 0 bridgehead atoms. The summed E-state index contributed by atoms with van der Waals surface area (Å²) in [5, 5.41) is 0. The molecule has 0 aromatic heterocycles. The van der Waals surface area contributed by atoms with Crippen LogP contribution in [0.4, 0.5) is 0 Å². The van der Waals surface area contributed by atoms with E-state index in [1.54, 1.807) is 0 Å². The van der Waals surface area contributed by atoms with Crippen LogP contribution in [0, 0.1) is 0 Å². The maximum atomic E-state index is 6.38. The van der Waals surface area contributed by atoms with Crippen LogP contribution in [0.5, 0.6) is 0 Å². The van der Waals surface area contributed by atoms with E-state index in [1.807, 2.05) is 11.8 Å². The molecule has 1 aliphatic rings. The van der Waals surface area contributed by atoms with Gasteiger partial charge in [-0.15, -0.1) is 0 Å². The predicted molar refractivity (Wildman–Crippen MR) is 75.1 cm³/mol. The summed E-state index contributed by atoms with van der Waals surface area (Å²) >= 11 is 1.94. The number of thioether (sulfide) groups is 1. The molecule has 0 amide bonds. The van der Waals surface area contributed by atoms with Gasteiger partial charge in [-0.2, -0.15) is 11.8 Å². The highest BCUT2D eigenvalue weighted by atomic mass is 32.2. The van der Waals surface area contributed by atoms with Crippen molar-refractivity contribution in [2.75, 3.05) is 25.6 Å². The first kappa shape index (κ1) is 14.3. The van der Waals surface area contributed by atoms with Crippen LogP contribution in [-0.2, 0) is 0 Å². The minimum atomic E-state index is 0.160. The average molecular weight is 244 g/mol. The van der Waals surface area contributed by atoms with E-state index in [-0.39, 0.29) is 5.54 Å². The van der Waals surface area contributed by atoms with Gasteiger partial charge in [-0.05, 0) is 58.2 Å². The molecule has 1 rings (SSSR count). The molecule has 2 nitrogen and oxygen atoms in total. The Morgan fingerprint density at radius 2 is 2.00 bits per heavy atom. The maximum Gasteiger partial charge on any atom is 0.0166 e. The highest BCUT2D eigenvalue weighted by Crippen LogP contribution is 2.30. The molecule has 2 N–H and O–H groups in total. The summed E-state index contributed by atoms with van der Waals surface area (Å²) in [5.74, 6) is 1.26. The highest BCUT2D eigenvalue weighted by molar-refractivity contribution is 7.98. The van der Waals surface area contributed by atoms with Crippen LogP contribution in [-0.4, -0.2) is 42.1 Å². The number of rotatable bonds is 7. The van der Waals surface area contributed by atoms with E-state index in [0.717, 1.165) is 6.54 Å². The van der Waals surface area contributed by atoms with Gasteiger partial charge in [-0.3, -0.25) is 0 Å². The second-order valence-corrected chi connectivity index (χ2v) is 6.42. The third kappa shape index (κ3) is 4.64. The normalized spacial score (nSPS) is 21.6. The molecule has 0 aliphatic heterocycles. The smallest absolute Gasteiger partial charge is 0.0166 e. The summed E-state index contributed by atoms with van der Waals surface area (Å²) in [6.45, 7) is 3.49. The number of nitrogens with two attached hydrogens (primary N) is 1.